The van der Waals surface area contributed by atoms with Crippen molar-refractivity contribution >= 4 is 29.9 Å². The maximum atomic E-state index is 4.66. The van der Waals surface area contributed by atoms with Gasteiger partial charge in [-0.25, -0.2) is 14.7 Å². The summed E-state index contributed by atoms with van der Waals surface area (Å²) in [6.07, 6.45) is 10.1. The van der Waals surface area contributed by atoms with Crippen LogP contribution in [0.15, 0.2) is 60.2 Å². The highest BCUT2D eigenvalue weighted by molar-refractivity contribution is 14.0. The molecule has 144 valence electrons. The molecule has 0 spiro atoms. The van der Waals surface area contributed by atoms with Gasteiger partial charge in [-0.05, 0) is 43.2 Å². The van der Waals surface area contributed by atoms with E-state index in [1.54, 1.807) is 23.3 Å². The van der Waals surface area contributed by atoms with E-state index >= 15 is 0 Å². The molecule has 0 fully saturated rings. The van der Waals surface area contributed by atoms with E-state index in [9.17, 15) is 0 Å². The summed E-state index contributed by atoms with van der Waals surface area (Å²) < 4.78 is 3.67. The minimum atomic E-state index is 0. The first-order chi connectivity index (χ1) is 12.8. The van der Waals surface area contributed by atoms with Crippen molar-refractivity contribution in [1.82, 2.24) is 35.2 Å². The molecule has 9 heteroatoms. The van der Waals surface area contributed by atoms with E-state index < -0.39 is 0 Å². The standard InChI is InChI=1S/C18H24N8.HI/c1-2-19-18(21-7-3-11-25-12-4-8-23-25)22-15-16-6-10-20-17(14-16)26-13-5-9-24-26;/h4-6,8-10,12-14H,2-3,7,11,15H2,1H3,(H2,19,21,22);1H. The van der Waals surface area contributed by atoms with Crippen molar-refractivity contribution in [2.75, 3.05) is 13.1 Å². The lowest BCUT2D eigenvalue weighted by Crippen LogP contribution is -2.38. The van der Waals surface area contributed by atoms with Gasteiger partial charge in [-0.2, -0.15) is 10.2 Å². The molecule has 0 aliphatic heterocycles. The third kappa shape index (κ3) is 6.66. The maximum Gasteiger partial charge on any atom is 0.191 e. The molecule has 2 N–H and O–H groups in total. The van der Waals surface area contributed by atoms with Crippen molar-refractivity contribution in [2.45, 2.75) is 26.4 Å². The zero-order valence-corrected chi connectivity index (χ0v) is 17.7. The van der Waals surface area contributed by atoms with Crippen molar-refractivity contribution in [2.24, 2.45) is 4.99 Å². The summed E-state index contributed by atoms with van der Waals surface area (Å²) in [7, 11) is 0. The summed E-state index contributed by atoms with van der Waals surface area (Å²) in [6.45, 7) is 5.17. The second-order valence-corrected chi connectivity index (χ2v) is 5.72. The fraction of sp³-hybridized carbons (Fsp3) is 0.333. The molecule has 3 aromatic rings. The van der Waals surface area contributed by atoms with Crippen LogP contribution in [0.3, 0.4) is 0 Å². The van der Waals surface area contributed by atoms with Gasteiger partial charge < -0.3 is 10.6 Å². The zero-order valence-electron chi connectivity index (χ0n) is 15.3. The Morgan fingerprint density at radius 2 is 1.96 bits per heavy atom. The largest absolute Gasteiger partial charge is 0.357 e. The number of aryl methyl sites for hydroxylation is 1. The molecule has 0 aliphatic rings. The van der Waals surface area contributed by atoms with Crippen LogP contribution in [0.2, 0.25) is 0 Å². The molecule has 3 rings (SSSR count). The molecule has 3 heterocycles. The van der Waals surface area contributed by atoms with Gasteiger partial charge in [-0.15, -0.1) is 24.0 Å². The van der Waals surface area contributed by atoms with Crippen molar-refractivity contribution in [3.8, 4) is 5.82 Å². The number of nitrogens with one attached hydrogen (secondary N) is 2. The summed E-state index contributed by atoms with van der Waals surface area (Å²) in [5, 5.41) is 15.0. The number of pyridine rings is 1. The average molecular weight is 480 g/mol. The smallest absolute Gasteiger partial charge is 0.191 e. The fourth-order valence-corrected chi connectivity index (χ4v) is 2.48. The molecule has 0 atom stereocenters. The van der Waals surface area contributed by atoms with E-state index in [0.717, 1.165) is 43.4 Å². The van der Waals surface area contributed by atoms with Crippen LogP contribution in [-0.2, 0) is 13.1 Å². The van der Waals surface area contributed by atoms with E-state index in [0.29, 0.717) is 6.54 Å². The topological polar surface area (TPSA) is 85.0 Å². The van der Waals surface area contributed by atoms with Gasteiger partial charge in [-0.1, -0.05) is 0 Å². The highest BCUT2D eigenvalue weighted by Gasteiger charge is 2.01. The van der Waals surface area contributed by atoms with Gasteiger partial charge in [0, 0.05) is 50.6 Å². The molecule has 0 radical (unpaired) electrons. The van der Waals surface area contributed by atoms with Gasteiger partial charge in [0.2, 0.25) is 0 Å². The van der Waals surface area contributed by atoms with E-state index in [1.807, 2.05) is 41.3 Å². The second kappa shape index (κ2) is 11.3. The number of nitrogens with zero attached hydrogens (tertiary/aromatic N) is 6. The summed E-state index contributed by atoms with van der Waals surface area (Å²) >= 11 is 0. The van der Waals surface area contributed by atoms with E-state index in [1.165, 1.54) is 0 Å². The van der Waals surface area contributed by atoms with Gasteiger partial charge in [-0.3, -0.25) is 4.68 Å². The number of rotatable bonds is 8. The minimum Gasteiger partial charge on any atom is -0.357 e. The molecule has 3 aromatic heterocycles. The lowest BCUT2D eigenvalue weighted by molar-refractivity contribution is 0.570. The van der Waals surface area contributed by atoms with Crippen LogP contribution < -0.4 is 10.6 Å². The molecular weight excluding hydrogens is 455 g/mol. The van der Waals surface area contributed by atoms with Gasteiger partial charge in [0.15, 0.2) is 11.8 Å². The van der Waals surface area contributed by atoms with Crippen LogP contribution in [0.5, 0.6) is 0 Å². The number of halogens is 1. The molecule has 0 aliphatic carbocycles. The summed E-state index contributed by atoms with van der Waals surface area (Å²) in [4.78, 5) is 9.00. The fourth-order valence-electron chi connectivity index (χ4n) is 2.48. The predicted molar refractivity (Wildman–Crippen MR) is 116 cm³/mol. The molecule has 0 bridgehead atoms. The first-order valence-electron chi connectivity index (χ1n) is 8.79. The lowest BCUT2D eigenvalue weighted by Gasteiger charge is -2.11. The Morgan fingerprint density at radius 1 is 1.11 bits per heavy atom. The van der Waals surface area contributed by atoms with Crippen LogP contribution in [-0.4, -0.2) is 43.6 Å². The van der Waals surface area contributed by atoms with Crippen LogP contribution in [0.1, 0.15) is 18.9 Å². The molecule has 0 saturated carbocycles. The zero-order chi connectivity index (χ0) is 18.0. The lowest BCUT2D eigenvalue weighted by atomic mass is 10.2. The van der Waals surface area contributed by atoms with Gasteiger partial charge in [0.25, 0.3) is 0 Å². The Labute approximate surface area is 176 Å². The molecule has 0 aromatic carbocycles. The summed E-state index contributed by atoms with van der Waals surface area (Å²) in [6, 6.07) is 7.78. The number of hydrogen-bond acceptors (Lipinski definition) is 4. The van der Waals surface area contributed by atoms with Gasteiger partial charge >= 0.3 is 0 Å². The Kier molecular flexibility index (Phi) is 8.75. The molecule has 8 nitrogen and oxygen atoms in total. The van der Waals surface area contributed by atoms with E-state index in [-0.39, 0.29) is 24.0 Å². The molecule has 27 heavy (non-hydrogen) atoms. The van der Waals surface area contributed by atoms with E-state index in [2.05, 4.69) is 37.7 Å². The second-order valence-electron chi connectivity index (χ2n) is 5.72. The molecule has 0 saturated heterocycles. The Morgan fingerprint density at radius 3 is 2.70 bits per heavy atom. The third-order valence-corrected chi connectivity index (χ3v) is 3.73. The van der Waals surface area contributed by atoms with Crippen LogP contribution in [0.25, 0.3) is 5.82 Å². The average Bonchev–Trinajstić information content (AvgIpc) is 3.37. The molecular formula is C18H25IN8. The molecule has 0 amide bonds. The van der Waals surface area contributed by atoms with Crippen LogP contribution >= 0.6 is 24.0 Å². The number of aliphatic imine (C=N–C) groups is 1. The number of guanidine groups is 1. The quantitative estimate of drug-likeness (QED) is 0.224. The SMILES string of the molecule is CCNC(=NCc1ccnc(-n2cccn2)c1)NCCCn1cccn1.I. The third-order valence-electron chi connectivity index (χ3n) is 3.73. The monoisotopic (exact) mass is 480 g/mol. The number of aromatic nitrogens is 5. The van der Waals surface area contributed by atoms with Crippen molar-refractivity contribution < 1.29 is 0 Å². The first kappa shape index (κ1) is 20.9. The maximum absolute atomic E-state index is 4.66. The Balaban J connectivity index is 0.00000261. The highest BCUT2D eigenvalue weighted by atomic mass is 127. The van der Waals surface area contributed by atoms with E-state index in [4.69, 9.17) is 0 Å². The normalized spacial score (nSPS) is 11.1. The van der Waals surface area contributed by atoms with Crippen LogP contribution in [0, 0.1) is 0 Å². The van der Waals surface area contributed by atoms with Gasteiger partial charge in [0.1, 0.15) is 0 Å². The van der Waals surface area contributed by atoms with Crippen molar-refractivity contribution in [1.29, 1.82) is 0 Å². The summed E-state index contributed by atoms with van der Waals surface area (Å²) in [5.74, 6) is 1.60. The molecule has 0 unspecified atom stereocenters. The van der Waals surface area contributed by atoms with Crippen molar-refractivity contribution in [3.05, 3.63) is 60.8 Å². The highest BCUT2D eigenvalue weighted by Crippen LogP contribution is 2.07. The number of hydrogen-bond donors (Lipinski definition) is 2. The van der Waals surface area contributed by atoms with Crippen molar-refractivity contribution in [3.63, 3.8) is 0 Å². The Hall–Kier alpha value is -2.43. The first-order valence-corrected chi connectivity index (χ1v) is 8.79. The predicted octanol–water partition coefficient (Wildman–Crippen LogP) is 2.23. The van der Waals surface area contributed by atoms with Gasteiger partial charge in [0.05, 0.1) is 6.54 Å². The van der Waals surface area contributed by atoms with Crippen LogP contribution in [0.4, 0.5) is 0 Å². The minimum absolute atomic E-state index is 0. The Bertz CT molecular complexity index is 799. The summed E-state index contributed by atoms with van der Waals surface area (Å²) in [5.41, 5.74) is 1.08.